The van der Waals surface area contributed by atoms with Crippen molar-refractivity contribution in [2.45, 2.75) is 36.2 Å². The summed E-state index contributed by atoms with van der Waals surface area (Å²) in [7, 11) is -3.77. The van der Waals surface area contributed by atoms with Gasteiger partial charge in [0.2, 0.25) is 0 Å². The van der Waals surface area contributed by atoms with Crippen LogP contribution in [0.15, 0.2) is 34.8 Å². The molecule has 15 heteroatoms. The number of sulfonamides is 1. The molecule has 4 aromatic rings. The van der Waals surface area contributed by atoms with Gasteiger partial charge in [0.25, 0.3) is 15.9 Å². The lowest BCUT2D eigenvalue weighted by Crippen LogP contribution is -2.56. The molecule has 2 aliphatic rings. The van der Waals surface area contributed by atoms with Gasteiger partial charge >= 0.3 is 0 Å². The molecule has 194 valence electrons. The van der Waals surface area contributed by atoms with E-state index in [0.29, 0.717) is 42.6 Å². The number of fused-ring (bicyclic) bond motifs is 2. The molecule has 0 spiro atoms. The zero-order valence-electron chi connectivity index (χ0n) is 19.5. The van der Waals surface area contributed by atoms with Crippen molar-refractivity contribution in [2.75, 3.05) is 26.2 Å². The second kappa shape index (κ2) is 10.0. The van der Waals surface area contributed by atoms with Gasteiger partial charge in [-0.1, -0.05) is 17.7 Å². The Bertz CT molecular complexity index is 1530. The highest BCUT2D eigenvalue weighted by Crippen LogP contribution is 2.34. The van der Waals surface area contributed by atoms with E-state index in [9.17, 15) is 13.2 Å². The molecular formula is C22H22ClN7O4S3. The highest BCUT2D eigenvalue weighted by Gasteiger charge is 2.38. The summed E-state index contributed by atoms with van der Waals surface area (Å²) in [5.74, 6) is -0.190. The van der Waals surface area contributed by atoms with Crippen molar-refractivity contribution in [2.24, 2.45) is 0 Å². The average Bonchev–Trinajstić information content (AvgIpc) is 3.66. The van der Waals surface area contributed by atoms with Gasteiger partial charge < -0.3 is 9.64 Å². The number of carbonyl (C=O) groups excluding carboxylic acids is 1. The summed E-state index contributed by atoms with van der Waals surface area (Å²) < 4.78 is 35.3. The third kappa shape index (κ3) is 4.89. The predicted molar refractivity (Wildman–Crippen MR) is 138 cm³/mol. The van der Waals surface area contributed by atoms with Gasteiger partial charge in [-0.05, 0) is 35.2 Å². The van der Waals surface area contributed by atoms with E-state index < -0.39 is 10.0 Å². The first-order valence-corrected chi connectivity index (χ1v) is 15.1. The number of halogens is 1. The molecule has 11 nitrogen and oxygen atoms in total. The van der Waals surface area contributed by atoms with Crippen LogP contribution >= 0.6 is 34.3 Å². The van der Waals surface area contributed by atoms with Crippen molar-refractivity contribution >= 4 is 60.3 Å². The van der Waals surface area contributed by atoms with E-state index in [2.05, 4.69) is 20.4 Å². The monoisotopic (exact) mass is 579 g/mol. The van der Waals surface area contributed by atoms with Crippen molar-refractivity contribution < 1.29 is 17.9 Å². The van der Waals surface area contributed by atoms with Gasteiger partial charge in [0.05, 0.1) is 30.3 Å². The lowest BCUT2D eigenvalue weighted by molar-refractivity contribution is 0.0539. The Morgan fingerprint density at radius 3 is 2.92 bits per heavy atom. The molecule has 5 heterocycles. The summed E-state index contributed by atoms with van der Waals surface area (Å²) in [5, 5.41) is 13.5. The number of hydrogen-bond acceptors (Lipinski definition) is 10. The lowest BCUT2D eigenvalue weighted by atomic mass is 10.1. The number of carbonyl (C=O) groups is 1. The van der Waals surface area contributed by atoms with Gasteiger partial charge in [-0.15, -0.1) is 32.9 Å². The number of aromatic nitrogens is 5. The number of hydrogen-bond donors (Lipinski definition) is 0. The molecule has 0 radical (unpaired) electrons. The van der Waals surface area contributed by atoms with E-state index in [1.807, 2.05) is 6.07 Å². The minimum absolute atomic E-state index is 0.159. The first-order valence-electron chi connectivity index (χ1n) is 11.7. The second-order valence-electron chi connectivity index (χ2n) is 8.77. The van der Waals surface area contributed by atoms with E-state index in [1.165, 1.54) is 38.1 Å². The SMILES string of the molecule is O=C(c1nc2c(s1)COCC2)N1CCN(S(=O)(=O)c2cc3ccc(Cl)cc3s2)CC1CCn1ncnn1. The fourth-order valence-corrected chi connectivity index (χ4v) is 8.89. The highest BCUT2D eigenvalue weighted by atomic mass is 35.5. The third-order valence-corrected chi connectivity index (χ3v) is 11.2. The van der Waals surface area contributed by atoms with E-state index in [1.54, 1.807) is 23.1 Å². The minimum atomic E-state index is -3.77. The molecule has 2 aliphatic heterocycles. The fourth-order valence-electron chi connectivity index (χ4n) is 4.59. The molecule has 6 rings (SSSR count). The summed E-state index contributed by atoms with van der Waals surface area (Å²) in [4.78, 5) is 22.3. The molecule has 1 aromatic carbocycles. The Hall–Kier alpha value is -2.49. The van der Waals surface area contributed by atoms with Crippen LogP contribution in [0, 0.1) is 0 Å². The highest BCUT2D eigenvalue weighted by molar-refractivity contribution is 7.91. The standard InChI is InChI=1S/C22H22ClN7O4S3/c23-15-2-1-14-9-20(35-18(14)10-15)37(32,33)28-6-7-29(16(11-28)3-5-30-25-13-24-27-30)22(31)21-26-17-4-8-34-12-19(17)36-21/h1-2,9-10,13,16H,3-8,11-12H2. The summed E-state index contributed by atoms with van der Waals surface area (Å²) in [5.41, 5.74) is 0.911. The minimum Gasteiger partial charge on any atom is -0.375 e. The quantitative estimate of drug-likeness (QED) is 0.341. The number of piperazine rings is 1. The van der Waals surface area contributed by atoms with Crippen molar-refractivity contribution in [3.8, 4) is 0 Å². The summed E-state index contributed by atoms with van der Waals surface area (Å²) >= 11 is 8.65. The van der Waals surface area contributed by atoms with Crippen LogP contribution in [0.25, 0.3) is 10.1 Å². The van der Waals surface area contributed by atoms with Crippen LogP contribution in [0.5, 0.6) is 0 Å². The Kier molecular flexibility index (Phi) is 6.71. The molecule has 1 amide bonds. The summed E-state index contributed by atoms with van der Waals surface area (Å²) in [6.07, 6.45) is 2.49. The molecule has 0 aliphatic carbocycles. The zero-order valence-corrected chi connectivity index (χ0v) is 22.7. The van der Waals surface area contributed by atoms with Crippen molar-refractivity contribution in [3.63, 3.8) is 0 Å². The summed E-state index contributed by atoms with van der Waals surface area (Å²) in [6.45, 7) is 2.06. The zero-order chi connectivity index (χ0) is 25.6. The van der Waals surface area contributed by atoms with Crippen molar-refractivity contribution in [1.82, 2.24) is 34.4 Å². The van der Waals surface area contributed by atoms with E-state index >= 15 is 0 Å². The number of tetrazole rings is 1. The number of amides is 1. The normalized spacial score (nSPS) is 18.8. The molecule has 0 N–H and O–H groups in total. The van der Waals surface area contributed by atoms with Crippen molar-refractivity contribution in [3.05, 3.63) is 51.2 Å². The Morgan fingerprint density at radius 2 is 2.11 bits per heavy atom. The molecule has 0 bridgehead atoms. The topological polar surface area (TPSA) is 123 Å². The van der Waals surface area contributed by atoms with Crippen LogP contribution in [0.2, 0.25) is 5.02 Å². The Balaban J connectivity index is 1.26. The lowest BCUT2D eigenvalue weighted by Gasteiger charge is -2.40. The van der Waals surface area contributed by atoms with Crippen LogP contribution in [-0.4, -0.2) is 81.0 Å². The Labute approximate surface area is 225 Å². The van der Waals surface area contributed by atoms with Crippen LogP contribution in [0.1, 0.15) is 26.8 Å². The van der Waals surface area contributed by atoms with Gasteiger partial charge in [0.15, 0.2) is 11.3 Å². The maximum atomic E-state index is 13.6. The van der Waals surface area contributed by atoms with Crippen LogP contribution in [0.3, 0.4) is 0 Å². The fraction of sp³-hybridized carbons (Fsp3) is 0.409. The average molecular weight is 580 g/mol. The molecule has 3 aromatic heterocycles. The van der Waals surface area contributed by atoms with Gasteiger partial charge in [-0.25, -0.2) is 13.4 Å². The Morgan fingerprint density at radius 1 is 1.22 bits per heavy atom. The summed E-state index contributed by atoms with van der Waals surface area (Å²) in [6, 6.07) is 6.62. The molecule has 1 saturated heterocycles. The van der Waals surface area contributed by atoms with Crippen LogP contribution in [-0.2, 0) is 34.3 Å². The van der Waals surface area contributed by atoms with Crippen LogP contribution < -0.4 is 0 Å². The number of aryl methyl sites for hydroxylation is 1. The molecule has 1 fully saturated rings. The van der Waals surface area contributed by atoms with Gasteiger partial charge in [0.1, 0.15) is 4.21 Å². The maximum Gasteiger partial charge on any atom is 0.283 e. The number of benzene rings is 1. The molecular weight excluding hydrogens is 558 g/mol. The largest absolute Gasteiger partial charge is 0.375 e. The molecule has 37 heavy (non-hydrogen) atoms. The predicted octanol–water partition coefficient (Wildman–Crippen LogP) is 2.68. The first kappa shape index (κ1) is 24.8. The van der Waals surface area contributed by atoms with Gasteiger partial charge in [-0.3, -0.25) is 4.79 Å². The second-order valence-corrected chi connectivity index (χ2v) is 13.5. The number of nitrogens with zero attached hydrogens (tertiary/aromatic N) is 7. The number of ether oxygens (including phenoxy) is 1. The van der Waals surface area contributed by atoms with E-state index in [-0.39, 0.29) is 35.8 Å². The van der Waals surface area contributed by atoms with Crippen molar-refractivity contribution in [1.29, 1.82) is 0 Å². The van der Waals surface area contributed by atoms with Gasteiger partial charge in [0, 0.05) is 41.8 Å². The van der Waals surface area contributed by atoms with Crippen LogP contribution in [0.4, 0.5) is 0 Å². The number of thiazole rings is 1. The smallest absolute Gasteiger partial charge is 0.283 e. The van der Waals surface area contributed by atoms with E-state index in [4.69, 9.17) is 16.3 Å². The number of rotatable bonds is 6. The first-order chi connectivity index (χ1) is 17.9. The molecule has 1 unspecified atom stereocenters. The number of thiophene rings is 1. The molecule has 1 atom stereocenters. The van der Waals surface area contributed by atoms with Gasteiger partial charge in [-0.2, -0.15) is 9.10 Å². The third-order valence-electron chi connectivity index (χ3n) is 6.49. The van der Waals surface area contributed by atoms with E-state index in [0.717, 1.165) is 20.7 Å². The molecule has 0 saturated carbocycles. The maximum absolute atomic E-state index is 13.6.